The molecule has 0 fully saturated rings. The molecule has 3 aromatic carbocycles. The van der Waals surface area contributed by atoms with E-state index in [1.165, 1.54) is 6.21 Å². The van der Waals surface area contributed by atoms with Gasteiger partial charge in [-0.3, -0.25) is 4.79 Å². The van der Waals surface area contributed by atoms with Crippen molar-refractivity contribution in [1.29, 1.82) is 0 Å². The van der Waals surface area contributed by atoms with E-state index in [4.69, 9.17) is 9.47 Å². The third kappa shape index (κ3) is 6.82. The number of ether oxygens (including phenoxy) is 2. The van der Waals surface area contributed by atoms with Gasteiger partial charge in [-0.1, -0.05) is 37.9 Å². The molecular weight excluding hydrogens is 516 g/mol. The summed E-state index contributed by atoms with van der Waals surface area (Å²) in [5.74, 6) is 0.163. The molecule has 0 aromatic heterocycles. The highest BCUT2D eigenvalue weighted by Crippen LogP contribution is 2.18. The zero-order valence-corrected chi connectivity index (χ0v) is 18.7. The van der Waals surface area contributed by atoms with Crippen LogP contribution in [-0.2, 0) is 4.79 Å². The van der Waals surface area contributed by atoms with Crippen LogP contribution in [0.25, 0.3) is 0 Å². The summed E-state index contributed by atoms with van der Waals surface area (Å²) in [5.41, 5.74) is 3.58. The molecular formula is C22H16Br2N2O4. The highest BCUT2D eigenvalue weighted by molar-refractivity contribution is 9.10. The van der Waals surface area contributed by atoms with Crippen LogP contribution in [0.3, 0.4) is 0 Å². The van der Waals surface area contributed by atoms with E-state index in [-0.39, 0.29) is 12.5 Å². The van der Waals surface area contributed by atoms with Crippen molar-refractivity contribution in [2.45, 2.75) is 0 Å². The third-order valence-electron chi connectivity index (χ3n) is 3.74. The van der Waals surface area contributed by atoms with Gasteiger partial charge in [0.2, 0.25) is 0 Å². The molecule has 0 heterocycles. The Balaban J connectivity index is 1.46. The molecule has 0 radical (unpaired) electrons. The van der Waals surface area contributed by atoms with E-state index >= 15 is 0 Å². The number of hydrogen-bond acceptors (Lipinski definition) is 5. The minimum Gasteiger partial charge on any atom is -0.484 e. The normalized spacial score (nSPS) is 10.6. The number of nitrogens with zero attached hydrogens (tertiary/aromatic N) is 1. The van der Waals surface area contributed by atoms with Crippen LogP contribution in [0.2, 0.25) is 0 Å². The fourth-order valence-corrected chi connectivity index (χ4v) is 2.93. The quantitative estimate of drug-likeness (QED) is 0.202. The molecule has 0 unspecified atom stereocenters. The van der Waals surface area contributed by atoms with Crippen LogP contribution in [0.1, 0.15) is 15.9 Å². The summed E-state index contributed by atoms with van der Waals surface area (Å²) in [7, 11) is 0. The predicted octanol–water partition coefficient (Wildman–Crippen LogP) is 4.96. The van der Waals surface area contributed by atoms with Gasteiger partial charge in [-0.05, 0) is 72.3 Å². The Morgan fingerprint density at radius 1 is 0.900 bits per heavy atom. The lowest BCUT2D eigenvalue weighted by atomic mass is 10.2. The topological polar surface area (TPSA) is 77.0 Å². The fraction of sp³-hybridized carbons (Fsp3) is 0.0455. The van der Waals surface area contributed by atoms with Crippen molar-refractivity contribution < 1.29 is 19.1 Å². The lowest BCUT2D eigenvalue weighted by Gasteiger charge is -2.05. The number of amides is 1. The van der Waals surface area contributed by atoms with Crippen molar-refractivity contribution in [2.24, 2.45) is 5.10 Å². The van der Waals surface area contributed by atoms with E-state index < -0.39 is 5.97 Å². The first-order chi connectivity index (χ1) is 14.5. The number of carbonyl (C=O) groups excluding carboxylic acids is 2. The van der Waals surface area contributed by atoms with E-state index in [1.54, 1.807) is 60.7 Å². The van der Waals surface area contributed by atoms with Crippen molar-refractivity contribution >= 4 is 50.0 Å². The predicted molar refractivity (Wildman–Crippen MR) is 121 cm³/mol. The van der Waals surface area contributed by atoms with Gasteiger partial charge in [-0.2, -0.15) is 5.10 Å². The molecule has 1 amide bonds. The first-order valence-corrected chi connectivity index (χ1v) is 10.4. The van der Waals surface area contributed by atoms with E-state index in [0.717, 1.165) is 14.5 Å². The summed E-state index contributed by atoms with van der Waals surface area (Å²) in [4.78, 5) is 23.9. The van der Waals surface area contributed by atoms with Crippen LogP contribution < -0.4 is 14.9 Å². The summed E-state index contributed by atoms with van der Waals surface area (Å²) in [6.07, 6.45) is 1.48. The second kappa shape index (κ2) is 10.7. The maximum Gasteiger partial charge on any atom is 0.343 e. The smallest absolute Gasteiger partial charge is 0.343 e. The Morgan fingerprint density at radius 2 is 1.63 bits per heavy atom. The third-order valence-corrected chi connectivity index (χ3v) is 4.76. The van der Waals surface area contributed by atoms with Crippen molar-refractivity contribution in [2.75, 3.05) is 6.61 Å². The van der Waals surface area contributed by atoms with Gasteiger partial charge >= 0.3 is 5.97 Å². The lowest BCUT2D eigenvalue weighted by Crippen LogP contribution is -2.24. The van der Waals surface area contributed by atoms with E-state index in [1.807, 2.05) is 12.1 Å². The van der Waals surface area contributed by atoms with Crippen LogP contribution in [0.15, 0.2) is 86.8 Å². The SMILES string of the molecule is O=C(COc1cccc(Br)c1)N/N=C/c1ccc(OC(=O)c2ccc(Br)cc2)cc1. The van der Waals surface area contributed by atoms with Gasteiger partial charge in [0, 0.05) is 8.95 Å². The molecule has 30 heavy (non-hydrogen) atoms. The summed E-state index contributed by atoms with van der Waals surface area (Å²) >= 11 is 6.66. The van der Waals surface area contributed by atoms with Crippen molar-refractivity contribution in [1.82, 2.24) is 5.43 Å². The first kappa shape index (κ1) is 21.7. The zero-order valence-electron chi connectivity index (χ0n) is 15.5. The Kier molecular flexibility index (Phi) is 7.75. The zero-order chi connectivity index (χ0) is 21.3. The Hall–Kier alpha value is -2.97. The summed E-state index contributed by atoms with van der Waals surface area (Å²) in [6.45, 7) is -0.154. The number of benzene rings is 3. The average molecular weight is 532 g/mol. The number of hydrazone groups is 1. The monoisotopic (exact) mass is 530 g/mol. The molecule has 0 bridgehead atoms. The summed E-state index contributed by atoms with van der Waals surface area (Å²) < 4.78 is 12.5. The standard InChI is InChI=1S/C22H16Br2N2O4/c23-17-8-6-16(7-9-17)22(28)30-19-10-4-15(5-11-19)13-25-26-21(27)14-29-20-3-1-2-18(24)12-20/h1-13H,14H2,(H,26,27)/b25-13+. The van der Waals surface area contributed by atoms with Gasteiger partial charge < -0.3 is 9.47 Å². The number of hydrogen-bond donors (Lipinski definition) is 1. The minimum atomic E-state index is -0.443. The van der Waals surface area contributed by atoms with Gasteiger partial charge in [0.15, 0.2) is 6.61 Å². The highest BCUT2D eigenvalue weighted by Gasteiger charge is 2.08. The molecule has 3 rings (SSSR count). The number of nitrogens with one attached hydrogen (secondary N) is 1. The van der Waals surface area contributed by atoms with Gasteiger partial charge in [0.25, 0.3) is 5.91 Å². The molecule has 3 aromatic rings. The van der Waals surface area contributed by atoms with Gasteiger partial charge in [-0.25, -0.2) is 10.2 Å². The molecule has 0 saturated heterocycles. The Labute approximate surface area is 190 Å². The van der Waals surface area contributed by atoms with Gasteiger partial charge in [0.05, 0.1) is 11.8 Å². The molecule has 0 atom stereocenters. The molecule has 152 valence electrons. The van der Waals surface area contributed by atoms with Gasteiger partial charge in [0.1, 0.15) is 11.5 Å². The molecule has 6 nitrogen and oxygen atoms in total. The highest BCUT2D eigenvalue weighted by atomic mass is 79.9. The maximum absolute atomic E-state index is 12.1. The van der Waals surface area contributed by atoms with Crippen LogP contribution in [0, 0.1) is 0 Å². The molecule has 8 heteroatoms. The maximum atomic E-state index is 12.1. The number of esters is 1. The Morgan fingerprint density at radius 3 is 2.33 bits per heavy atom. The van der Waals surface area contributed by atoms with Crippen LogP contribution in [0.4, 0.5) is 0 Å². The van der Waals surface area contributed by atoms with Crippen LogP contribution >= 0.6 is 31.9 Å². The van der Waals surface area contributed by atoms with Crippen LogP contribution in [0.5, 0.6) is 11.5 Å². The lowest BCUT2D eigenvalue weighted by molar-refractivity contribution is -0.123. The second-order valence-electron chi connectivity index (χ2n) is 6.00. The molecule has 0 aliphatic rings. The Bertz CT molecular complexity index is 1050. The first-order valence-electron chi connectivity index (χ1n) is 8.78. The summed E-state index contributed by atoms with van der Waals surface area (Å²) in [5, 5.41) is 3.89. The second-order valence-corrected chi connectivity index (χ2v) is 7.84. The van der Waals surface area contributed by atoms with E-state index in [9.17, 15) is 9.59 Å². The number of halogens is 2. The molecule has 0 spiro atoms. The number of carbonyl (C=O) groups is 2. The fourth-order valence-electron chi connectivity index (χ4n) is 2.29. The van der Waals surface area contributed by atoms with Crippen molar-refractivity contribution in [3.05, 3.63) is 92.9 Å². The largest absolute Gasteiger partial charge is 0.484 e. The van der Waals surface area contributed by atoms with E-state index in [2.05, 4.69) is 42.4 Å². The van der Waals surface area contributed by atoms with Crippen molar-refractivity contribution in [3.8, 4) is 11.5 Å². The van der Waals surface area contributed by atoms with Crippen LogP contribution in [-0.4, -0.2) is 24.7 Å². The van der Waals surface area contributed by atoms with Crippen molar-refractivity contribution in [3.63, 3.8) is 0 Å². The molecule has 0 aliphatic carbocycles. The molecule has 1 N–H and O–H groups in total. The molecule has 0 aliphatic heterocycles. The summed E-state index contributed by atoms with van der Waals surface area (Å²) in [6, 6.07) is 20.8. The average Bonchev–Trinajstić information content (AvgIpc) is 2.74. The van der Waals surface area contributed by atoms with E-state index in [0.29, 0.717) is 17.1 Å². The minimum absolute atomic E-state index is 0.154. The number of rotatable bonds is 7. The van der Waals surface area contributed by atoms with Gasteiger partial charge in [-0.15, -0.1) is 0 Å². The molecule has 0 saturated carbocycles.